The van der Waals surface area contributed by atoms with Crippen LogP contribution in [-0.2, 0) is 6.54 Å². The van der Waals surface area contributed by atoms with Crippen molar-refractivity contribution in [1.82, 2.24) is 5.32 Å². The summed E-state index contributed by atoms with van der Waals surface area (Å²) in [4.78, 5) is 0. The molecule has 0 aliphatic rings. The first-order valence-electron chi connectivity index (χ1n) is 6.53. The van der Waals surface area contributed by atoms with Crippen LogP contribution in [0.3, 0.4) is 0 Å². The predicted molar refractivity (Wildman–Crippen MR) is 85.4 cm³/mol. The summed E-state index contributed by atoms with van der Waals surface area (Å²) in [5, 5.41) is 3.93. The normalized spacial score (nSPS) is 12.4. The number of hydrogen-bond donors (Lipinski definition) is 1. The molecule has 20 heavy (non-hydrogen) atoms. The van der Waals surface area contributed by atoms with Gasteiger partial charge >= 0.3 is 0 Å². The molecule has 0 fully saturated rings. The predicted octanol–water partition coefficient (Wildman–Crippen LogP) is 5.48. The van der Waals surface area contributed by atoms with Crippen molar-refractivity contribution in [1.29, 1.82) is 0 Å². The second-order valence-corrected chi connectivity index (χ2v) is 5.98. The first-order chi connectivity index (χ1) is 9.60. The van der Waals surface area contributed by atoms with Gasteiger partial charge in [0.15, 0.2) is 0 Å². The molecule has 0 heterocycles. The van der Waals surface area contributed by atoms with E-state index in [-0.39, 0.29) is 11.9 Å². The molecule has 2 rings (SSSR count). The van der Waals surface area contributed by atoms with Crippen LogP contribution in [0.25, 0.3) is 0 Å². The third-order valence-electron chi connectivity index (χ3n) is 3.23. The highest BCUT2D eigenvalue weighted by Gasteiger charge is 2.10. The first kappa shape index (κ1) is 15.5. The van der Waals surface area contributed by atoms with Gasteiger partial charge in [0.1, 0.15) is 5.82 Å². The van der Waals surface area contributed by atoms with Crippen LogP contribution in [0.5, 0.6) is 0 Å². The van der Waals surface area contributed by atoms with Gasteiger partial charge in [0, 0.05) is 27.6 Å². The summed E-state index contributed by atoms with van der Waals surface area (Å²) in [6.07, 6.45) is 0.934. The Morgan fingerprint density at radius 2 is 1.90 bits per heavy atom. The molecule has 1 atom stereocenters. The third-order valence-corrected chi connectivity index (χ3v) is 3.99. The lowest BCUT2D eigenvalue weighted by atomic mass is 10.0. The Morgan fingerprint density at radius 1 is 1.20 bits per heavy atom. The molecule has 106 valence electrons. The van der Waals surface area contributed by atoms with E-state index in [9.17, 15) is 4.39 Å². The SMILES string of the molecule is CCC(NCc1cc(Cl)ccc1F)c1ccc(Br)cc1. The minimum Gasteiger partial charge on any atom is -0.306 e. The summed E-state index contributed by atoms with van der Waals surface area (Å²) in [6.45, 7) is 2.56. The van der Waals surface area contributed by atoms with E-state index in [1.54, 1.807) is 12.1 Å². The number of benzene rings is 2. The summed E-state index contributed by atoms with van der Waals surface area (Å²) < 4.78 is 14.7. The molecule has 2 aromatic carbocycles. The van der Waals surface area contributed by atoms with Gasteiger partial charge < -0.3 is 5.32 Å². The third kappa shape index (κ3) is 4.05. The van der Waals surface area contributed by atoms with Gasteiger partial charge in [-0.1, -0.05) is 46.6 Å². The van der Waals surface area contributed by atoms with E-state index < -0.39 is 0 Å². The fourth-order valence-corrected chi connectivity index (χ4v) is 2.56. The van der Waals surface area contributed by atoms with Crippen molar-refractivity contribution in [2.75, 3.05) is 0 Å². The average Bonchev–Trinajstić information content (AvgIpc) is 2.45. The van der Waals surface area contributed by atoms with E-state index in [0.29, 0.717) is 17.1 Å². The van der Waals surface area contributed by atoms with E-state index in [1.165, 1.54) is 11.6 Å². The van der Waals surface area contributed by atoms with E-state index in [0.717, 1.165) is 10.9 Å². The smallest absolute Gasteiger partial charge is 0.127 e. The molecule has 1 unspecified atom stereocenters. The average molecular weight is 357 g/mol. The molecule has 0 amide bonds. The lowest BCUT2D eigenvalue weighted by Crippen LogP contribution is -2.20. The largest absolute Gasteiger partial charge is 0.306 e. The summed E-state index contributed by atoms with van der Waals surface area (Å²) >= 11 is 9.33. The van der Waals surface area contributed by atoms with Gasteiger partial charge in [-0.25, -0.2) is 4.39 Å². The van der Waals surface area contributed by atoms with Crippen molar-refractivity contribution in [3.05, 3.63) is 68.9 Å². The maximum absolute atomic E-state index is 13.7. The molecule has 1 N–H and O–H groups in total. The number of rotatable bonds is 5. The molecule has 2 aromatic rings. The Labute approximate surface area is 132 Å². The number of halogens is 3. The van der Waals surface area contributed by atoms with Gasteiger partial charge in [-0.15, -0.1) is 0 Å². The van der Waals surface area contributed by atoms with Crippen LogP contribution in [0.15, 0.2) is 46.9 Å². The topological polar surface area (TPSA) is 12.0 Å². The zero-order valence-corrected chi connectivity index (χ0v) is 13.5. The lowest BCUT2D eigenvalue weighted by Gasteiger charge is -2.18. The van der Waals surface area contributed by atoms with Crippen LogP contribution < -0.4 is 5.32 Å². The van der Waals surface area contributed by atoms with Crippen molar-refractivity contribution in [3.63, 3.8) is 0 Å². The Hall–Kier alpha value is -0.900. The van der Waals surface area contributed by atoms with Gasteiger partial charge in [-0.3, -0.25) is 0 Å². The van der Waals surface area contributed by atoms with Crippen LogP contribution in [-0.4, -0.2) is 0 Å². The summed E-state index contributed by atoms with van der Waals surface area (Å²) in [7, 11) is 0. The second-order valence-electron chi connectivity index (χ2n) is 4.63. The van der Waals surface area contributed by atoms with Gasteiger partial charge in [-0.05, 0) is 42.3 Å². The number of hydrogen-bond acceptors (Lipinski definition) is 1. The van der Waals surface area contributed by atoms with E-state index in [1.807, 2.05) is 12.1 Å². The van der Waals surface area contributed by atoms with Crippen molar-refractivity contribution >= 4 is 27.5 Å². The summed E-state index contributed by atoms with van der Waals surface area (Å²) in [5.74, 6) is -0.229. The highest BCUT2D eigenvalue weighted by molar-refractivity contribution is 9.10. The quantitative estimate of drug-likeness (QED) is 0.747. The van der Waals surface area contributed by atoms with Crippen LogP contribution in [0, 0.1) is 5.82 Å². The summed E-state index contributed by atoms with van der Waals surface area (Å²) in [5.41, 5.74) is 1.78. The van der Waals surface area contributed by atoms with E-state index in [2.05, 4.69) is 40.3 Å². The molecule has 0 aliphatic heterocycles. The molecule has 0 spiro atoms. The van der Waals surface area contributed by atoms with Crippen LogP contribution in [0.2, 0.25) is 5.02 Å². The Balaban J connectivity index is 2.07. The lowest BCUT2D eigenvalue weighted by molar-refractivity contribution is 0.504. The van der Waals surface area contributed by atoms with Gasteiger partial charge in [0.05, 0.1) is 0 Å². The van der Waals surface area contributed by atoms with E-state index >= 15 is 0 Å². The maximum atomic E-state index is 13.7. The summed E-state index contributed by atoms with van der Waals surface area (Å²) in [6, 6.07) is 13.0. The second kappa shape index (κ2) is 7.21. The van der Waals surface area contributed by atoms with Crippen molar-refractivity contribution in [2.45, 2.75) is 25.9 Å². The molecule has 0 saturated heterocycles. The van der Waals surface area contributed by atoms with Gasteiger partial charge in [0.25, 0.3) is 0 Å². The Kier molecular flexibility index (Phi) is 5.58. The molecule has 1 nitrogen and oxygen atoms in total. The van der Waals surface area contributed by atoms with E-state index in [4.69, 9.17) is 11.6 Å². The molecule has 0 radical (unpaired) electrons. The minimum atomic E-state index is -0.229. The minimum absolute atomic E-state index is 0.196. The highest BCUT2D eigenvalue weighted by atomic mass is 79.9. The van der Waals surface area contributed by atoms with Crippen molar-refractivity contribution in [3.8, 4) is 0 Å². The molecule has 0 bridgehead atoms. The molecular formula is C16H16BrClFN. The molecule has 0 aliphatic carbocycles. The van der Waals surface area contributed by atoms with Gasteiger partial charge in [0.2, 0.25) is 0 Å². The fraction of sp³-hybridized carbons (Fsp3) is 0.250. The molecule has 0 saturated carbocycles. The van der Waals surface area contributed by atoms with Crippen molar-refractivity contribution < 1.29 is 4.39 Å². The zero-order valence-electron chi connectivity index (χ0n) is 11.2. The van der Waals surface area contributed by atoms with Crippen LogP contribution >= 0.6 is 27.5 Å². The fourth-order valence-electron chi connectivity index (χ4n) is 2.10. The van der Waals surface area contributed by atoms with Crippen LogP contribution in [0.1, 0.15) is 30.5 Å². The maximum Gasteiger partial charge on any atom is 0.127 e. The molecular weight excluding hydrogens is 341 g/mol. The monoisotopic (exact) mass is 355 g/mol. The standard InChI is InChI=1S/C16H16BrClFN/c1-2-16(11-3-5-13(17)6-4-11)20-10-12-9-14(18)7-8-15(12)19/h3-9,16,20H,2,10H2,1H3. The highest BCUT2D eigenvalue weighted by Crippen LogP contribution is 2.21. The zero-order chi connectivity index (χ0) is 14.5. The van der Waals surface area contributed by atoms with Crippen LogP contribution in [0.4, 0.5) is 4.39 Å². The molecule has 4 heteroatoms. The van der Waals surface area contributed by atoms with Crippen molar-refractivity contribution in [2.24, 2.45) is 0 Å². The number of nitrogens with one attached hydrogen (secondary N) is 1. The Bertz CT molecular complexity index is 571. The first-order valence-corrected chi connectivity index (χ1v) is 7.70. The van der Waals surface area contributed by atoms with Gasteiger partial charge in [-0.2, -0.15) is 0 Å². The molecule has 0 aromatic heterocycles. The Morgan fingerprint density at radius 3 is 2.55 bits per heavy atom.